The van der Waals surface area contributed by atoms with Gasteiger partial charge in [0.05, 0.1) is 5.92 Å². The molecule has 108 valence electrons. The maximum atomic E-state index is 12.0. The van der Waals surface area contributed by atoms with Gasteiger partial charge in [0.15, 0.2) is 0 Å². The highest BCUT2D eigenvalue weighted by atomic mass is 16.2. The first-order valence-electron chi connectivity index (χ1n) is 6.59. The number of hydrogen-bond donors (Lipinski definition) is 2. The molecule has 1 saturated heterocycles. The summed E-state index contributed by atoms with van der Waals surface area (Å²) in [6.07, 6.45) is 0.242. The second-order valence-electron chi connectivity index (χ2n) is 5.34. The third kappa shape index (κ3) is 2.89. The van der Waals surface area contributed by atoms with Gasteiger partial charge in [0.2, 0.25) is 11.8 Å². The fraction of sp³-hybridized carbons (Fsp3) is 0.500. The lowest BCUT2D eigenvalue weighted by molar-refractivity contribution is -0.128. The summed E-state index contributed by atoms with van der Waals surface area (Å²) >= 11 is 0. The van der Waals surface area contributed by atoms with Gasteiger partial charge in [0, 0.05) is 37.8 Å². The fourth-order valence-corrected chi connectivity index (χ4v) is 2.46. The number of carbonyl (C=O) groups is 2. The molecule has 2 amide bonds. The number of hydrogen-bond acceptors (Lipinski definition) is 3. The average molecular weight is 277 g/mol. The maximum Gasteiger partial charge on any atom is 0.253 e. The molecule has 6 nitrogen and oxygen atoms in total. The summed E-state index contributed by atoms with van der Waals surface area (Å²) < 4.78 is 0. The van der Waals surface area contributed by atoms with Crippen LogP contribution in [0, 0.1) is 19.8 Å². The normalized spacial score (nSPS) is 18.4. The van der Waals surface area contributed by atoms with Gasteiger partial charge in [-0.2, -0.15) is 0 Å². The zero-order valence-electron chi connectivity index (χ0n) is 11.9. The molecule has 0 spiro atoms. The summed E-state index contributed by atoms with van der Waals surface area (Å²) in [4.78, 5) is 39.5. The van der Waals surface area contributed by atoms with Gasteiger partial charge in [0.25, 0.3) is 5.56 Å². The Morgan fingerprint density at radius 1 is 1.45 bits per heavy atom. The quantitative estimate of drug-likeness (QED) is 0.821. The molecule has 2 heterocycles. The molecular weight excluding hydrogens is 258 g/mol. The largest absolute Gasteiger partial charge is 0.351 e. The average Bonchev–Trinajstić information content (AvgIpc) is 2.68. The van der Waals surface area contributed by atoms with Gasteiger partial charge in [-0.1, -0.05) is 0 Å². The van der Waals surface area contributed by atoms with Crippen LogP contribution in [0.5, 0.6) is 0 Å². The molecule has 6 heteroatoms. The first-order valence-corrected chi connectivity index (χ1v) is 6.59. The molecule has 2 rings (SSSR count). The van der Waals surface area contributed by atoms with E-state index in [1.807, 2.05) is 19.9 Å². The van der Waals surface area contributed by atoms with E-state index >= 15 is 0 Å². The van der Waals surface area contributed by atoms with Gasteiger partial charge in [-0.05, 0) is 25.5 Å². The highest BCUT2D eigenvalue weighted by molar-refractivity contribution is 5.89. The summed E-state index contributed by atoms with van der Waals surface area (Å²) in [7, 11) is 1.68. The van der Waals surface area contributed by atoms with Crippen LogP contribution in [-0.4, -0.2) is 35.3 Å². The minimum atomic E-state index is -0.322. The van der Waals surface area contributed by atoms with Crippen LogP contribution in [0.25, 0.3) is 0 Å². The number of nitrogens with zero attached hydrogens (tertiary/aromatic N) is 1. The highest BCUT2D eigenvalue weighted by Gasteiger charge is 2.31. The van der Waals surface area contributed by atoms with Crippen LogP contribution < -0.4 is 10.9 Å². The van der Waals surface area contributed by atoms with Crippen LogP contribution in [0.15, 0.2) is 10.9 Å². The first-order chi connectivity index (χ1) is 9.38. The third-order valence-corrected chi connectivity index (χ3v) is 3.65. The Morgan fingerprint density at radius 3 is 2.70 bits per heavy atom. The lowest BCUT2D eigenvalue weighted by atomic mass is 10.1. The van der Waals surface area contributed by atoms with Crippen molar-refractivity contribution in [2.75, 3.05) is 13.6 Å². The van der Waals surface area contributed by atoms with Crippen molar-refractivity contribution in [1.29, 1.82) is 0 Å². The Bertz CT molecular complexity index is 606. The zero-order chi connectivity index (χ0) is 14.9. The molecule has 20 heavy (non-hydrogen) atoms. The SMILES string of the molecule is Cc1cc(C)c(CNC(=O)C2CC(=O)N(C)C2)c(=O)[nH]1. The number of carbonyl (C=O) groups excluding carboxylic acids is 2. The smallest absolute Gasteiger partial charge is 0.253 e. The number of amides is 2. The summed E-state index contributed by atoms with van der Waals surface area (Å²) in [6, 6.07) is 1.87. The summed E-state index contributed by atoms with van der Waals surface area (Å²) in [6.45, 7) is 4.29. The van der Waals surface area contributed by atoms with Crippen molar-refractivity contribution in [2.45, 2.75) is 26.8 Å². The van der Waals surface area contributed by atoms with Gasteiger partial charge in [-0.15, -0.1) is 0 Å². The van der Waals surface area contributed by atoms with E-state index in [1.165, 1.54) is 0 Å². The first kappa shape index (κ1) is 14.3. The minimum Gasteiger partial charge on any atom is -0.351 e. The lowest BCUT2D eigenvalue weighted by Gasteiger charge is -2.12. The summed E-state index contributed by atoms with van der Waals surface area (Å²) in [5.74, 6) is -0.520. The van der Waals surface area contributed by atoms with Crippen molar-refractivity contribution in [3.05, 3.63) is 33.2 Å². The minimum absolute atomic E-state index is 0.0190. The van der Waals surface area contributed by atoms with Gasteiger partial charge >= 0.3 is 0 Å². The third-order valence-electron chi connectivity index (χ3n) is 3.65. The molecule has 1 unspecified atom stereocenters. The molecule has 1 aromatic heterocycles. The molecule has 1 aliphatic heterocycles. The molecule has 1 fully saturated rings. The fourth-order valence-electron chi connectivity index (χ4n) is 2.46. The number of likely N-dealkylation sites (tertiary alicyclic amines) is 1. The number of H-pyrrole nitrogens is 1. The Hall–Kier alpha value is -2.11. The van der Waals surface area contributed by atoms with E-state index in [0.717, 1.165) is 11.3 Å². The molecular formula is C14H19N3O3. The van der Waals surface area contributed by atoms with E-state index in [-0.39, 0.29) is 36.3 Å². The molecule has 0 aliphatic carbocycles. The zero-order valence-corrected chi connectivity index (χ0v) is 11.9. The lowest BCUT2D eigenvalue weighted by Crippen LogP contribution is -2.33. The second-order valence-corrected chi connectivity index (χ2v) is 5.34. The van der Waals surface area contributed by atoms with Crippen LogP contribution in [0.2, 0.25) is 0 Å². The van der Waals surface area contributed by atoms with Crippen LogP contribution in [0.3, 0.4) is 0 Å². The number of aromatic nitrogens is 1. The van der Waals surface area contributed by atoms with E-state index in [1.54, 1.807) is 11.9 Å². The van der Waals surface area contributed by atoms with Crippen molar-refractivity contribution < 1.29 is 9.59 Å². The molecule has 0 saturated carbocycles. The van der Waals surface area contributed by atoms with Crippen molar-refractivity contribution in [3.63, 3.8) is 0 Å². The topological polar surface area (TPSA) is 82.3 Å². The molecule has 1 aromatic rings. The predicted octanol–water partition coefficient (Wildman–Crippen LogP) is 0.0862. The van der Waals surface area contributed by atoms with Crippen molar-refractivity contribution in [2.24, 2.45) is 5.92 Å². The van der Waals surface area contributed by atoms with Gasteiger partial charge in [0.1, 0.15) is 0 Å². The molecule has 2 N–H and O–H groups in total. The molecule has 1 atom stereocenters. The monoisotopic (exact) mass is 277 g/mol. The highest BCUT2D eigenvalue weighted by Crippen LogP contribution is 2.16. The van der Waals surface area contributed by atoms with Gasteiger partial charge in [-0.3, -0.25) is 14.4 Å². The maximum absolute atomic E-state index is 12.0. The molecule has 0 aromatic carbocycles. The Morgan fingerprint density at radius 2 is 2.15 bits per heavy atom. The summed E-state index contributed by atoms with van der Waals surface area (Å²) in [5, 5.41) is 2.75. The number of nitrogens with one attached hydrogen (secondary N) is 2. The van der Waals surface area contributed by atoms with Gasteiger partial charge < -0.3 is 15.2 Å². The second kappa shape index (κ2) is 5.48. The van der Waals surface area contributed by atoms with E-state index in [9.17, 15) is 14.4 Å². The molecule has 1 aliphatic rings. The van der Waals surface area contributed by atoms with Crippen LogP contribution >= 0.6 is 0 Å². The van der Waals surface area contributed by atoms with Crippen LogP contribution in [-0.2, 0) is 16.1 Å². The van der Waals surface area contributed by atoms with E-state index in [4.69, 9.17) is 0 Å². The molecule has 0 bridgehead atoms. The number of aromatic amines is 1. The summed E-state index contributed by atoms with van der Waals surface area (Å²) in [5.41, 5.74) is 2.03. The Kier molecular flexibility index (Phi) is 3.92. The van der Waals surface area contributed by atoms with E-state index in [0.29, 0.717) is 12.1 Å². The number of aryl methyl sites for hydroxylation is 2. The van der Waals surface area contributed by atoms with E-state index < -0.39 is 0 Å². The van der Waals surface area contributed by atoms with Crippen molar-refractivity contribution in [3.8, 4) is 0 Å². The standard InChI is InChI=1S/C14H19N3O3/c1-8-4-9(2)16-14(20)11(8)6-15-13(19)10-5-12(18)17(3)7-10/h4,10H,5-7H2,1-3H3,(H,15,19)(H,16,20). The van der Waals surface area contributed by atoms with E-state index in [2.05, 4.69) is 10.3 Å². The van der Waals surface area contributed by atoms with Crippen LogP contribution in [0.1, 0.15) is 23.2 Å². The van der Waals surface area contributed by atoms with Crippen LogP contribution in [0.4, 0.5) is 0 Å². The van der Waals surface area contributed by atoms with Crippen molar-refractivity contribution >= 4 is 11.8 Å². The number of rotatable bonds is 3. The predicted molar refractivity (Wildman–Crippen MR) is 74.1 cm³/mol. The Labute approximate surface area is 117 Å². The Balaban J connectivity index is 2.01. The molecule has 0 radical (unpaired) electrons. The van der Waals surface area contributed by atoms with Gasteiger partial charge in [-0.25, -0.2) is 0 Å². The number of pyridine rings is 1. The van der Waals surface area contributed by atoms with Crippen molar-refractivity contribution in [1.82, 2.24) is 15.2 Å².